The molecule has 0 amide bonds. The summed E-state index contributed by atoms with van der Waals surface area (Å²) < 4.78 is 5.67. The van der Waals surface area contributed by atoms with E-state index in [9.17, 15) is 5.11 Å². The van der Waals surface area contributed by atoms with Gasteiger partial charge in [0.15, 0.2) is 0 Å². The van der Waals surface area contributed by atoms with Crippen LogP contribution in [-0.2, 0) is 0 Å². The summed E-state index contributed by atoms with van der Waals surface area (Å²) in [4.78, 5) is 1.28. The standard InChI is InChI=1S/C17H23NO2S/c1-12-7-13(2)9-16(8-12)20-11-15(19)10-18-14(3)17-5-4-6-21-17/h4-9,14-15,18-19H,10-11H2,1-3H3. The number of hydrogen-bond acceptors (Lipinski definition) is 4. The highest BCUT2D eigenvalue weighted by molar-refractivity contribution is 7.10. The molecule has 2 atom stereocenters. The fourth-order valence-corrected chi connectivity index (χ4v) is 2.98. The lowest BCUT2D eigenvalue weighted by atomic mass is 10.1. The van der Waals surface area contributed by atoms with E-state index >= 15 is 0 Å². The van der Waals surface area contributed by atoms with E-state index in [1.54, 1.807) is 11.3 Å². The van der Waals surface area contributed by atoms with Crippen molar-refractivity contribution in [1.29, 1.82) is 0 Å². The average Bonchev–Trinajstić information content (AvgIpc) is 2.95. The van der Waals surface area contributed by atoms with Crippen LogP contribution in [-0.4, -0.2) is 24.4 Å². The van der Waals surface area contributed by atoms with Gasteiger partial charge in [-0.15, -0.1) is 11.3 Å². The average molecular weight is 305 g/mol. The summed E-state index contributed by atoms with van der Waals surface area (Å²) in [6.45, 7) is 7.00. The van der Waals surface area contributed by atoms with Gasteiger partial charge in [0, 0.05) is 17.5 Å². The van der Waals surface area contributed by atoms with Crippen LogP contribution >= 0.6 is 11.3 Å². The third-order valence-electron chi connectivity index (χ3n) is 3.27. The Hall–Kier alpha value is -1.36. The van der Waals surface area contributed by atoms with Crippen LogP contribution in [0, 0.1) is 13.8 Å². The molecule has 0 radical (unpaired) electrons. The summed E-state index contributed by atoms with van der Waals surface area (Å²) in [7, 11) is 0. The molecule has 0 saturated carbocycles. The van der Waals surface area contributed by atoms with E-state index in [1.165, 1.54) is 16.0 Å². The van der Waals surface area contributed by atoms with Gasteiger partial charge in [-0.2, -0.15) is 0 Å². The summed E-state index contributed by atoms with van der Waals surface area (Å²) in [6, 6.07) is 10.5. The quantitative estimate of drug-likeness (QED) is 0.823. The largest absolute Gasteiger partial charge is 0.491 e. The fraction of sp³-hybridized carbons (Fsp3) is 0.412. The lowest BCUT2D eigenvalue weighted by Crippen LogP contribution is -2.32. The molecule has 2 unspecified atom stereocenters. The smallest absolute Gasteiger partial charge is 0.119 e. The number of ether oxygens (including phenoxy) is 1. The van der Waals surface area contributed by atoms with Gasteiger partial charge in [-0.05, 0) is 55.5 Å². The van der Waals surface area contributed by atoms with Gasteiger partial charge in [-0.25, -0.2) is 0 Å². The third kappa shape index (κ3) is 5.16. The van der Waals surface area contributed by atoms with Gasteiger partial charge >= 0.3 is 0 Å². The molecule has 1 heterocycles. The summed E-state index contributed by atoms with van der Waals surface area (Å²) in [5.74, 6) is 0.817. The zero-order chi connectivity index (χ0) is 15.2. The Bertz CT molecular complexity index is 534. The van der Waals surface area contributed by atoms with Crippen LogP contribution in [0.1, 0.15) is 29.0 Å². The van der Waals surface area contributed by atoms with Gasteiger partial charge in [0.25, 0.3) is 0 Å². The summed E-state index contributed by atoms with van der Waals surface area (Å²) >= 11 is 1.72. The van der Waals surface area contributed by atoms with E-state index in [1.807, 2.05) is 32.0 Å². The second kappa shape index (κ2) is 7.59. The molecule has 0 saturated heterocycles. The SMILES string of the molecule is Cc1cc(C)cc(OCC(O)CNC(C)c2cccs2)c1. The molecule has 2 aromatic rings. The van der Waals surface area contributed by atoms with Gasteiger partial charge in [0.1, 0.15) is 18.5 Å². The van der Waals surface area contributed by atoms with Crippen LogP contribution in [0.5, 0.6) is 5.75 Å². The van der Waals surface area contributed by atoms with Crippen molar-refractivity contribution in [2.45, 2.75) is 32.9 Å². The zero-order valence-corrected chi connectivity index (χ0v) is 13.6. The number of thiophene rings is 1. The molecule has 4 heteroatoms. The first-order chi connectivity index (χ1) is 10.0. The van der Waals surface area contributed by atoms with Crippen molar-refractivity contribution in [3.05, 3.63) is 51.7 Å². The van der Waals surface area contributed by atoms with E-state index in [2.05, 4.69) is 29.8 Å². The minimum atomic E-state index is -0.520. The molecule has 2 N–H and O–H groups in total. The number of hydrogen-bond donors (Lipinski definition) is 2. The molecular formula is C17H23NO2S. The Kier molecular flexibility index (Phi) is 5.79. The topological polar surface area (TPSA) is 41.5 Å². The lowest BCUT2D eigenvalue weighted by Gasteiger charge is -2.17. The number of aliphatic hydroxyl groups excluding tert-OH is 1. The highest BCUT2D eigenvalue weighted by Crippen LogP contribution is 2.18. The number of rotatable bonds is 7. The lowest BCUT2D eigenvalue weighted by molar-refractivity contribution is 0.104. The minimum Gasteiger partial charge on any atom is -0.491 e. The van der Waals surface area contributed by atoms with Crippen molar-refractivity contribution < 1.29 is 9.84 Å². The first-order valence-electron chi connectivity index (χ1n) is 7.20. The first kappa shape index (κ1) is 16.0. The van der Waals surface area contributed by atoms with E-state index in [0.717, 1.165) is 5.75 Å². The van der Waals surface area contributed by atoms with Crippen LogP contribution in [0.2, 0.25) is 0 Å². The molecule has 114 valence electrons. The predicted molar refractivity (Wildman–Crippen MR) is 88.2 cm³/mol. The molecule has 0 bridgehead atoms. The number of nitrogens with one attached hydrogen (secondary N) is 1. The second-order valence-corrected chi connectivity index (χ2v) is 6.41. The van der Waals surface area contributed by atoms with Gasteiger partial charge in [-0.3, -0.25) is 0 Å². The maximum Gasteiger partial charge on any atom is 0.119 e. The van der Waals surface area contributed by atoms with Crippen LogP contribution in [0.25, 0.3) is 0 Å². The van der Waals surface area contributed by atoms with Gasteiger partial charge in [-0.1, -0.05) is 12.1 Å². The summed E-state index contributed by atoms with van der Waals surface area (Å²) in [5.41, 5.74) is 2.34. The molecule has 21 heavy (non-hydrogen) atoms. The summed E-state index contributed by atoms with van der Waals surface area (Å²) in [6.07, 6.45) is -0.520. The van der Waals surface area contributed by atoms with E-state index in [-0.39, 0.29) is 6.04 Å². The van der Waals surface area contributed by atoms with Crippen molar-refractivity contribution in [2.24, 2.45) is 0 Å². The molecular weight excluding hydrogens is 282 g/mol. The molecule has 1 aromatic heterocycles. The molecule has 1 aromatic carbocycles. The molecule has 3 nitrogen and oxygen atoms in total. The highest BCUT2D eigenvalue weighted by atomic mass is 32.1. The van der Waals surface area contributed by atoms with Crippen molar-refractivity contribution in [3.8, 4) is 5.75 Å². The van der Waals surface area contributed by atoms with Crippen molar-refractivity contribution in [1.82, 2.24) is 5.32 Å². The Labute approximate surface area is 130 Å². The van der Waals surface area contributed by atoms with Crippen molar-refractivity contribution >= 4 is 11.3 Å². The Morgan fingerprint density at radius 1 is 1.24 bits per heavy atom. The monoisotopic (exact) mass is 305 g/mol. The van der Waals surface area contributed by atoms with Gasteiger partial charge in [0.05, 0.1) is 0 Å². The Morgan fingerprint density at radius 3 is 2.57 bits per heavy atom. The van der Waals surface area contributed by atoms with Crippen LogP contribution in [0.3, 0.4) is 0 Å². The number of aryl methyl sites for hydroxylation is 2. The highest BCUT2D eigenvalue weighted by Gasteiger charge is 2.10. The van der Waals surface area contributed by atoms with Crippen LogP contribution < -0.4 is 10.1 Å². The molecule has 0 fully saturated rings. The summed E-state index contributed by atoms with van der Waals surface area (Å²) in [5, 5.41) is 15.4. The molecule has 0 aliphatic heterocycles. The Balaban J connectivity index is 1.75. The fourth-order valence-electron chi connectivity index (χ4n) is 2.22. The molecule has 0 aliphatic rings. The second-order valence-electron chi connectivity index (χ2n) is 5.43. The molecule has 2 rings (SSSR count). The van der Waals surface area contributed by atoms with Crippen LogP contribution in [0.15, 0.2) is 35.7 Å². The molecule has 0 aliphatic carbocycles. The van der Waals surface area contributed by atoms with Gasteiger partial charge in [0.2, 0.25) is 0 Å². The third-order valence-corrected chi connectivity index (χ3v) is 4.32. The number of benzene rings is 1. The van der Waals surface area contributed by atoms with Crippen LogP contribution in [0.4, 0.5) is 0 Å². The zero-order valence-electron chi connectivity index (χ0n) is 12.8. The van der Waals surface area contributed by atoms with Gasteiger partial charge < -0.3 is 15.2 Å². The maximum absolute atomic E-state index is 10.0. The Morgan fingerprint density at radius 2 is 1.95 bits per heavy atom. The predicted octanol–water partition coefficient (Wildman–Crippen LogP) is 3.46. The van der Waals surface area contributed by atoms with Crippen molar-refractivity contribution in [2.75, 3.05) is 13.2 Å². The minimum absolute atomic E-state index is 0.251. The van der Waals surface area contributed by atoms with E-state index in [4.69, 9.17) is 4.74 Å². The van der Waals surface area contributed by atoms with Crippen molar-refractivity contribution in [3.63, 3.8) is 0 Å². The first-order valence-corrected chi connectivity index (χ1v) is 8.08. The normalized spacial score (nSPS) is 13.9. The maximum atomic E-state index is 10.0. The molecule has 0 spiro atoms. The van der Waals surface area contributed by atoms with E-state index < -0.39 is 6.10 Å². The number of aliphatic hydroxyl groups is 1. The van der Waals surface area contributed by atoms with E-state index in [0.29, 0.717) is 13.2 Å².